The molecular formula is C13H16N2O4S. The summed E-state index contributed by atoms with van der Waals surface area (Å²) < 4.78 is 4.63. The molecule has 1 N–H and O–H groups in total. The minimum atomic E-state index is -0.501. The van der Waals surface area contributed by atoms with Crippen molar-refractivity contribution in [2.75, 3.05) is 30.5 Å². The third-order valence-corrected chi connectivity index (χ3v) is 4.45. The quantitative estimate of drug-likeness (QED) is 0.511. The second-order valence-corrected chi connectivity index (χ2v) is 5.74. The van der Waals surface area contributed by atoms with Crippen molar-refractivity contribution in [2.45, 2.75) is 6.42 Å². The van der Waals surface area contributed by atoms with Crippen LogP contribution in [-0.2, 0) is 4.74 Å². The Morgan fingerprint density at radius 1 is 1.60 bits per heavy atom. The van der Waals surface area contributed by atoms with E-state index in [1.165, 1.54) is 25.3 Å². The smallest absolute Gasteiger partial charge is 0.337 e. The van der Waals surface area contributed by atoms with Crippen molar-refractivity contribution in [3.8, 4) is 0 Å². The Balaban J connectivity index is 2.17. The van der Waals surface area contributed by atoms with Crippen molar-refractivity contribution in [3.63, 3.8) is 0 Å². The normalized spacial score (nSPS) is 17.8. The number of carbonyl (C=O) groups excluding carboxylic acids is 1. The molecule has 1 fully saturated rings. The van der Waals surface area contributed by atoms with Gasteiger partial charge in [0, 0.05) is 12.6 Å². The highest BCUT2D eigenvalue weighted by atomic mass is 32.2. The van der Waals surface area contributed by atoms with Gasteiger partial charge in [-0.3, -0.25) is 10.1 Å². The summed E-state index contributed by atoms with van der Waals surface area (Å²) in [6.07, 6.45) is 1.11. The molecule has 1 aromatic rings. The van der Waals surface area contributed by atoms with E-state index in [0.717, 1.165) is 17.9 Å². The van der Waals surface area contributed by atoms with Crippen LogP contribution in [0.5, 0.6) is 0 Å². The largest absolute Gasteiger partial charge is 0.465 e. The maximum atomic E-state index is 11.5. The molecule has 1 saturated heterocycles. The lowest BCUT2D eigenvalue weighted by Gasteiger charge is -2.12. The molecule has 0 bridgehead atoms. The van der Waals surface area contributed by atoms with Gasteiger partial charge in [0.25, 0.3) is 5.69 Å². The summed E-state index contributed by atoms with van der Waals surface area (Å²) in [5.41, 5.74) is 0.652. The maximum absolute atomic E-state index is 11.5. The molecule has 0 aromatic heterocycles. The lowest BCUT2D eigenvalue weighted by atomic mass is 10.1. The Bertz CT molecular complexity index is 515. The number of benzene rings is 1. The zero-order valence-electron chi connectivity index (χ0n) is 11.1. The molecular weight excluding hydrogens is 280 g/mol. The van der Waals surface area contributed by atoms with E-state index in [4.69, 9.17) is 0 Å². The number of nitrogens with zero attached hydrogens (tertiary/aromatic N) is 1. The highest BCUT2D eigenvalue weighted by Gasteiger charge is 2.20. The van der Waals surface area contributed by atoms with Gasteiger partial charge in [-0.15, -0.1) is 0 Å². The lowest BCUT2D eigenvalue weighted by molar-refractivity contribution is -0.384. The molecule has 0 spiro atoms. The van der Waals surface area contributed by atoms with Gasteiger partial charge in [-0.2, -0.15) is 11.8 Å². The molecule has 108 valence electrons. The van der Waals surface area contributed by atoms with E-state index in [9.17, 15) is 14.9 Å². The van der Waals surface area contributed by atoms with Gasteiger partial charge < -0.3 is 10.1 Å². The number of thioether (sulfide) groups is 1. The fraction of sp³-hybridized carbons (Fsp3) is 0.462. The van der Waals surface area contributed by atoms with Gasteiger partial charge >= 0.3 is 5.97 Å². The summed E-state index contributed by atoms with van der Waals surface area (Å²) >= 11 is 1.89. The Morgan fingerprint density at radius 2 is 2.40 bits per heavy atom. The third kappa shape index (κ3) is 3.41. The first-order valence-electron chi connectivity index (χ1n) is 6.30. The van der Waals surface area contributed by atoms with Crippen LogP contribution in [0.15, 0.2) is 18.2 Å². The predicted octanol–water partition coefficient (Wildman–Crippen LogP) is 2.55. The maximum Gasteiger partial charge on any atom is 0.337 e. The molecule has 0 radical (unpaired) electrons. The average Bonchev–Trinajstić information content (AvgIpc) is 2.97. The van der Waals surface area contributed by atoms with Crippen molar-refractivity contribution >= 4 is 29.1 Å². The van der Waals surface area contributed by atoms with Gasteiger partial charge in [-0.1, -0.05) is 0 Å². The molecule has 0 aliphatic carbocycles. The summed E-state index contributed by atoms with van der Waals surface area (Å²) in [5, 5.41) is 14.1. The predicted molar refractivity (Wildman–Crippen MR) is 78.4 cm³/mol. The summed E-state index contributed by atoms with van der Waals surface area (Å²) in [6.45, 7) is 0.679. The summed E-state index contributed by atoms with van der Waals surface area (Å²) in [7, 11) is 1.28. The average molecular weight is 296 g/mol. The molecule has 1 aliphatic heterocycles. The van der Waals surface area contributed by atoms with Crippen LogP contribution in [0.25, 0.3) is 0 Å². The highest BCUT2D eigenvalue weighted by molar-refractivity contribution is 7.99. The monoisotopic (exact) mass is 296 g/mol. The molecule has 1 atom stereocenters. The summed E-state index contributed by atoms with van der Waals surface area (Å²) in [4.78, 5) is 22.0. The molecule has 6 nitrogen and oxygen atoms in total. The third-order valence-electron chi connectivity index (χ3n) is 3.22. The van der Waals surface area contributed by atoms with Crippen LogP contribution in [0.3, 0.4) is 0 Å². The van der Waals surface area contributed by atoms with E-state index in [0.29, 0.717) is 23.7 Å². The van der Waals surface area contributed by atoms with E-state index < -0.39 is 10.9 Å². The first-order chi connectivity index (χ1) is 9.61. The molecule has 1 heterocycles. The first-order valence-corrected chi connectivity index (χ1v) is 7.45. The van der Waals surface area contributed by atoms with Crippen LogP contribution in [0.4, 0.5) is 11.4 Å². The van der Waals surface area contributed by atoms with Crippen LogP contribution < -0.4 is 5.32 Å². The van der Waals surface area contributed by atoms with E-state index >= 15 is 0 Å². The second-order valence-electron chi connectivity index (χ2n) is 4.59. The molecule has 1 aliphatic rings. The number of carbonyl (C=O) groups is 1. The molecule has 0 amide bonds. The molecule has 7 heteroatoms. The van der Waals surface area contributed by atoms with Gasteiger partial charge in [0.05, 0.1) is 17.6 Å². The number of nitro groups is 1. The van der Waals surface area contributed by atoms with Crippen LogP contribution in [0.1, 0.15) is 16.8 Å². The highest BCUT2D eigenvalue weighted by Crippen LogP contribution is 2.28. The zero-order chi connectivity index (χ0) is 14.5. The summed E-state index contributed by atoms with van der Waals surface area (Å²) in [6, 6.07) is 4.21. The number of hydrogen-bond donors (Lipinski definition) is 1. The number of nitrogens with one attached hydrogen (secondary N) is 1. The van der Waals surface area contributed by atoms with Gasteiger partial charge in [0.15, 0.2) is 0 Å². The Kier molecular flexibility index (Phi) is 4.84. The number of ether oxygens (including phenoxy) is 1. The van der Waals surface area contributed by atoms with Crippen molar-refractivity contribution in [1.29, 1.82) is 0 Å². The number of rotatable bonds is 5. The van der Waals surface area contributed by atoms with Gasteiger partial charge in [0.1, 0.15) is 5.69 Å². The number of anilines is 1. The van der Waals surface area contributed by atoms with E-state index in [-0.39, 0.29) is 5.69 Å². The van der Waals surface area contributed by atoms with Gasteiger partial charge in [-0.05, 0) is 36.0 Å². The van der Waals surface area contributed by atoms with E-state index in [1.54, 1.807) is 0 Å². The molecule has 2 rings (SSSR count). The fourth-order valence-corrected chi connectivity index (χ4v) is 3.36. The molecule has 1 aromatic carbocycles. The van der Waals surface area contributed by atoms with Crippen molar-refractivity contribution in [3.05, 3.63) is 33.9 Å². The van der Waals surface area contributed by atoms with E-state index in [1.807, 2.05) is 11.8 Å². The Labute approximate surface area is 121 Å². The summed E-state index contributed by atoms with van der Waals surface area (Å²) in [5.74, 6) is 2.22. The van der Waals surface area contributed by atoms with Gasteiger partial charge in [0.2, 0.25) is 0 Å². The Hall–Kier alpha value is -1.76. The second kappa shape index (κ2) is 6.60. The first kappa shape index (κ1) is 14.6. The number of methoxy groups -OCH3 is 1. The van der Waals surface area contributed by atoms with Crippen LogP contribution in [-0.4, -0.2) is 36.1 Å². The Morgan fingerprint density at radius 3 is 3.00 bits per heavy atom. The number of nitro benzene ring substituents is 1. The van der Waals surface area contributed by atoms with Crippen molar-refractivity contribution in [2.24, 2.45) is 5.92 Å². The van der Waals surface area contributed by atoms with E-state index in [2.05, 4.69) is 10.1 Å². The number of esters is 1. The van der Waals surface area contributed by atoms with Crippen LogP contribution >= 0.6 is 11.8 Å². The number of hydrogen-bond acceptors (Lipinski definition) is 6. The zero-order valence-corrected chi connectivity index (χ0v) is 11.9. The molecule has 1 unspecified atom stereocenters. The standard InChI is InChI=1S/C13H16N2O4S/c1-19-13(16)10-2-3-12(15(17)18)11(6-10)14-7-9-4-5-20-8-9/h2-3,6,9,14H,4-5,7-8H2,1H3. The minimum Gasteiger partial charge on any atom is -0.465 e. The molecule has 20 heavy (non-hydrogen) atoms. The molecule has 0 saturated carbocycles. The SMILES string of the molecule is COC(=O)c1ccc([N+](=O)[O-])c(NCC2CCSC2)c1. The van der Waals surface area contributed by atoms with Gasteiger partial charge in [-0.25, -0.2) is 4.79 Å². The van der Waals surface area contributed by atoms with Crippen molar-refractivity contribution < 1.29 is 14.5 Å². The topological polar surface area (TPSA) is 81.5 Å². The minimum absolute atomic E-state index is 0.0247. The van der Waals surface area contributed by atoms with Crippen molar-refractivity contribution in [1.82, 2.24) is 0 Å². The van der Waals surface area contributed by atoms with Crippen LogP contribution in [0, 0.1) is 16.0 Å². The fourth-order valence-electron chi connectivity index (χ4n) is 2.08. The lowest BCUT2D eigenvalue weighted by Crippen LogP contribution is -2.15. The van der Waals surface area contributed by atoms with Crippen LogP contribution in [0.2, 0.25) is 0 Å².